The van der Waals surface area contributed by atoms with Crippen molar-refractivity contribution in [3.05, 3.63) is 81.5 Å². The fourth-order valence-corrected chi connectivity index (χ4v) is 4.40. The number of nitro benzene ring substituents is 1. The molecule has 0 atom stereocenters. The molecule has 3 aromatic rings. The summed E-state index contributed by atoms with van der Waals surface area (Å²) in [7, 11) is -3.89. The second-order valence-corrected chi connectivity index (χ2v) is 8.51. The molecule has 2 aromatic carbocycles. The van der Waals surface area contributed by atoms with Crippen LogP contribution in [0.3, 0.4) is 0 Å². The Morgan fingerprint density at radius 2 is 1.86 bits per heavy atom. The van der Waals surface area contributed by atoms with E-state index in [1.54, 1.807) is 0 Å². The van der Waals surface area contributed by atoms with Crippen molar-refractivity contribution in [3.63, 3.8) is 0 Å². The molecule has 0 saturated carbocycles. The van der Waals surface area contributed by atoms with E-state index < -0.39 is 14.9 Å². The van der Waals surface area contributed by atoms with Gasteiger partial charge in [-0.2, -0.15) is 5.10 Å². The van der Waals surface area contributed by atoms with Gasteiger partial charge in [0.1, 0.15) is 0 Å². The minimum absolute atomic E-state index is 0.0543. The SMILES string of the molecule is O=[N+]([O-])c1ccc(S(=O)(=O)Nc2n[nH]c3c2CCN(Cc2ccccc2)C3)cc1. The van der Waals surface area contributed by atoms with Gasteiger partial charge < -0.3 is 0 Å². The summed E-state index contributed by atoms with van der Waals surface area (Å²) in [6, 6.07) is 14.9. The molecule has 1 aliphatic heterocycles. The molecule has 10 heteroatoms. The van der Waals surface area contributed by atoms with Crippen LogP contribution in [0.1, 0.15) is 16.8 Å². The Labute approximate surface area is 167 Å². The average molecular weight is 413 g/mol. The summed E-state index contributed by atoms with van der Waals surface area (Å²) in [5.74, 6) is 0.276. The van der Waals surface area contributed by atoms with E-state index in [2.05, 4.69) is 32.0 Å². The smallest absolute Gasteiger partial charge is 0.269 e. The summed E-state index contributed by atoms with van der Waals surface area (Å²) in [5, 5.41) is 17.8. The Kier molecular flexibility index (Phi) is 5.03. The van der Waals surface area contributed by atoms with Crippen LogP contribution >= 0.6 is 0 Å². The number of hydrogen-bond acceptors (Lipinski definition) is 6. The number of non-ortho nitro benzene ring substituents is 1. The minimum Gasteiger partial charge on any atom is -0.293 e. The summed E-state index contributed by atoms with van der Waals surface area (Å²) in [6.07, 6.45) is 0.663. The van der Waals surface area contributed by atoms with Crippen molar-refractivity contribution in [2.45, 2.75) is 24.4 Å². The second kappa shape index (κ2) is 7.64. The molecule has 2 heterocycles. The fraction of sp³-hybridized carbons (Fsp3) is 0.211. The van der Waals surface area contributed by atoms with Gasteiger partial charge >= 0.3 is 0 Å². The van der Waals surface area contributed by atoms with Gasteiger partial charge in [0.15, 0.2) is 5.82 Å². The lowest BCUT2D eigenvalue weighted by molar-refractivity contribution is -0.384. The minimum atomic E-state index is -3.89. The number of aromatic amines is 1. The first-order valence-corrected chi connectivity index (χ1v) is 10.5. The second-order valence-electron chi connectivity index (χ2n) is 6.83. The standard InChI is InChI=1S/C19H19N5O4S/c25-24(26)15-6-8-16(9-7-15)29(27,28)22-19-17-10-11-23(13-18(17)20-21-19)12-14-4-2-1-3-5-14/h1-9H,10-13H2,(H2,20,21,22). The van der Waals surface area contributed by atoms with Crippen molar-refractivity contribution in [1.29, 1.82) is 0 Å². The zero-order valence-electron chi connectivity index (χ0n) is 15.4. The predicted molar refractivity (Wildman–Crippen MR) is 107 cm³/mol. The largest absolute Gasteiger partial charge is 0.293 e. The normalized spacial score (nSPS) is 14.3. The first kappa shape index (κ1) is 19.1. The molecule has 0 spiro atoms. The fourth-order valence-electron chi connectivity index (χ4n) is 3.37. The zero-order valence-corrected chi connectivity index (χ0v) is 16.2. The molecule has 0 saturated heterocycles. The number of sulfonamides is 1. The number of nitrogens with zero attached hydrogens (tertiary/aromatic N) is 3. The number of anilines is 1. The molecule has 0 bridgehead atoms. The lowest BCUT2D eigenvalue weighted by atomic mass is 10.1. The Morgan fingerprint density at radius 3 is 2.55 bits per heavy atom. The summed E-state index contributed by atoms with van der Waals surface area (Å²) >= 11 is 0. The lowest BCUT2D eigenvalue weighted by Gasteiger charge is -2.26. The van der Waals surface area contributed by atoms with Crippen molar-refractivity contribution in [3.8, 4) is 0 Å². The van der Waals surface area contributed by atoms with Gasteiger partial charge in [-0.1, -0.05) is 30.3 Å². The third kappa shape index (κ3) is 4.13. The van der Waals surface area contributed by atoms with E-state index >= 15 is 0 Å². The number of rotatable bonds is 6. The highest BCUT2D eigenvalue weighted by molar-refractivity contribution is 7.92. The van der Waals surface area contributed by atoms with Crippen LogP contribution in [-0.2, 0) is 29.5 Å². The van der Waals surface area contributed by atoms with Gasteiger partial charge in [0.05, 0.1) is 15.5 Å². The van der Waals surface area contributed by atoms with E-state index in [1.165, 1.54) is 17.7 Å². The van der Waals surface area contributed by atoms with Crippen molar-refractivity contribution in [2.75, 3.05) is 11.3 Å². The van der Waals surface area contributed by atoms with Gasteiger partial charge in [0.2, 0.25) is 0 Å². The Balaban J connectivity index is 1.48. The van der Waals surface area contributed by atoms with Gasteiger partial charge in [-0.15, -0.1) is 0 Å². The van der Waals surface area contributed by atoms with E-state index in [0.29, 0.717) is 13.0 Å². The first-order valence-electron chi connectivity index (χ1n) is 9.02. The maximum atomic E-state index is 12.6. The van der Waals surface area contributed by atoms with Gasteiger partial charge in [-0.25, -0.2) is 8.42 Å². The van der Waals surface area contributed by atoms with E-state index in [0.717, 1.165) is 36.5 Å². The van der Waals surface area contributed by atoms with Gasteiger partial charge in [-0.05, 0) is 24.1 Å². The number of fused-ring (bicyclic) bond motifs is 1. The van der Waals surface area contributed by atoms with E-state index in [-0.39, 0.29) is 16.4 Å². The molecule has 29 heavy (non-hydrogen) atoms. The molecule has 1 aromatic heterocycles. The van der Waals surface area contributed by atoms with Crippen LogP contribution in [0.15, 0.2) is 59.5 Å². The summed E-state index contributed by atoms with van der Waals surface area (Å²) < 4.78 is 27.8. The molecule has 0 fully saturated rings. The Morgan fingerprint density at radius 1 is 1.14 bits per heavy atom. The van der Waals surface area contributed by atoms with Crippen LogP contribution < -0.4 is 4.72 Å². The zero-order chi connectivity index (χ0) is 20.4. The van der Waals surface area contributed by atoms with Crippen LogP contribution in [0.25, 0.3) is 0 Å². The molecule has 0 unspecified atom stereocenters. The quantitative estimate of drug-likeness (QED) is 0.473. The van der Waals surface area contributed by atoms with Crippen LogP contribution in [0.2, 0.25) is 0 Å². The van der Waals surface area contributed by atoms with Crippen molar-refractivity contribution in [1.82, 2.24) is 15.1 Å². The van der Waals surface area contributed by atoms with E-state index in [4.69, 9.17) is 0 Å². The van der Waals surface area contributed by atoms with E-state index in [1.807, 2.05) is 18.2 Å². The van der Waals surface area contributed by atoms with Crippen molar-refractivity contribution < 1.29 is 13.3 Å². The highest BCUT2D eigenvalue weighted by Gasteiger charge is 2.25. The number of nitro groups is 1. The van der Waals surface area contributed by atoms with Crippen molar-refractivity contribution in [2.24, 2.45) is 0 Å². The van der Waals surface area contributed by atoms with Crippen LogP contribution in [-0.4, -0.2) is 35.0 Å². The van der Waals surface area contributed by atoms with Crippen LogP contribution in [0.5, 0.6) is 0 Å². The van der Waals surface area contributed by atoms with Gasteiger partial charge in [0.25, 0.3) is 15.7 Å². The molecule has 2 N–H and O–H groups in total. The third-order valence-corrected chi connectivity index (χ3v) is 6.21. The number of hydrogen-bond donors (Lipinski definition) is 2. The molecule has 1 aliphatic rings. The van der Waals surface area contributed by atoms with Crippen LogP contribution in [0.4, 0.5) is 11.5 Å². The molecular formula is C19H19N5O4S. The van der Waals surface area contributed by atoms with Crippen molar-refractivity contribution >= 4 is 21.5 Å². The topological polar surface area (TPSA) is 121 Å². The molecule has 0 aliphatic carbocycles. The molecular weight excluding hydrogens is 394 g/mol. The lowest BCUT2D eigenvalue weighted by Crippen LogP contribution is -2.30. The predicted octanol–water partition coefficient (Wildman–Crippen LogP) is 2.68. The van der Waals surface area contributed by atoms with Gasteiger partial charge in [0, 0.05) is 37.3 Å². The molecule has 150 valence electrons. The maximum Gasteiger partial charge on any atom is 0.269 e. The maximum absolute atomic E-state index is 12.6. The highest BCUT2D eigenvalue weighted by atomic mass is 32.2. The number of aromatic nitrogens is 2. The van der Waals surface area contributed by atoms with Gasteiger partial charge in [-0.3, -0.25) is 24.8 Å². The van der Waals surface area contributed by atoms with E-state index in [9.17, 15) is 18.5 Å². The molecule has 0 radical (unpaired) electrons. The molecule has 0 amide bonds. The summed E-state index contributed by atoms with van der Waals surface area (Å²) in [4.78, 5) is 12.4. The number of nitrogens with one attached hydrogen (secondary N) is 2. The summed E-state index contributed by atoms with van der Waals surface area (Å²) in [6.45, 7) is 2.24. The molecule has 9 nitrogen and oxygen atoms in total. The monoisotopic (exact) mass is 413 g/mol. The number of H-pyrrole nitrogens is 1. The Hall–Kier alpha value is -3.24. The summed E-state index contributed by atoms with van der Waals surface area (Å²) in [5.41, 5.74) is 2.78. The number of benzene rings is 2. The highest BCUT2D eigenvalue weighted by Crippen LogP contribution is 2.27. The Bertz CT molecular complexity index is 1130. The van der Waals surface area contributed by atoms with Crippen LogP contribution in [0, 0.1) is 10.1 Å². The molecule has 4 rings (SSSR count). The first-order chi connectivity index (χ1) is 13.9. The average Bonchev–Trinajstić information content (AvgIpc) is 3.10. The third-order valence-electron chi connectivity index (χ3n) is 4.85.